The van der Waals surface area contributed by atoms with Crippen LogP contribution >= 0.6 is 0 Å². The van der Waals surface area contributed by atoms with E-state index in [1.165, 1.54) is 66.5 Å². The van der Waals surface area contributed by atoms with Crippen molar-refractivity contribution >= 4 is 44.4 Å². The molecule has 17 heteroatoms. The third kappa shape index (κ3) is 9.12. The molecule has 2 aromatic heterocycles. The van der Waals surface area contributed by atoms with Gasteiger partial charge in [-0.25, -0.2) is 31.4 Å². The Hall–Kier alpha value is -6.23. The number of fused-ring (bicyclic) bond motifs is 1. The van der Waals surface area contributed by atoms with Gasteiger partial charge in [0.15, 0.2) is 0 Å². The second-order valence-electron chi connectivity index (χ2n) is 13.9. The van der Waals surface area contributed by atoms with Crippen molar-refractivity contribution in [3.63, 3.8) is 0 Å². The molecule has 0 radical (unpaired) electrons. The first-order chi connectivity index (χ1) is 25.8. The number of rotatable bonds is 11. The number of nitrogens with zero attached hydrogens (tertiary/aromatic N) is 3. The number of aromatic nitrogens is 3. The van der Waals surface area contributed by atoms with Gasteiger partial charge in [0, 0.05) is 30.8 Å². The van der Waals surface area contributed by atoms with E-state index in [4.69, 9.17) is 4.74 Å². The van der Waals surface area contributed by atoms with Crippen LogP contribution in [0.4, 0.5) is 14.5 Å². The summed E-state index contributed by atoms with van der Waals surface area (Å²) in [6.07, 6.45) is 2.01. The molecule has 0 fully saturated rings. The number of benzene rings is 3. The third-order valence-corrected chi connectivity index (χ3v) is 9.48. The number of esters is 1. The van der Waals surface area contributed by atoms with E-state index in [-0.39, 0.29) is 28.0 Å². The SMILES string of the molecule is CC(C)OC(=O)[C@H](Cc1ccc(-n2c(=O)c3ccncc3n(C)c2=O)cc1)NC(=O)c1c(F)cc(NS(=O)(=O)c2ccc(C(=O)NC(C)(C)C)cc2)cc1F. The average Bonchev–Trinajstić information content (AvgIpc) is 3.09. The molecular weight excluding hydrogens is 739 g/mol. The largest absolute Gasteiger partial charge is 0.461 e. The first-order valence-corrected chi connectivity index (χ1v) is 18.3. The molecule has 55 heavy (non-hydrogen) atoms. The monoisotopic (exact) mass is 776 g/mol. The van der Waals surface area contributed by atoms with Crippen LogP contribution in [0.2, 0.25) is 0 Å². The number of ether oxygens (including phenoxy) is 1. The van der Waals surface area contributed by atoms with Gasteiger partial charge in [0.1, 0.15) is 23.2 Å². The Kier molecular flexibility index (Phi) is 11.4. The second kappa shape index (κ2) is 15.6. The molecule has 3 N–H and O–H groups in total. The fourth-order valence-corrected chi connectivity index (χ4v) is 6.58. The van der Waals surface area contributed by atoms with Crippen LogP contribution in [0.15, 0.2) is 93.6 Å². The van der Waals surface area contributed by atoms with E-state index in [1.54, 1.807) is 34.6 Å². The summed E-state index contributed by atoms with van der Waals surface area (Å²) in [6, 6.07) is 12.1. The van der Waals surface area contributed by atoms with E-state index in [0.29, 0.717) is 23.2 Å². The zero-order chi connectivity index (χ0) is 40.4. The molecule has 2 heterocycles. The molecule has 5 rings (SSSR count). The first kappa shape index (κ1) is 40.0. The predicted molar refractivity (Wildman–Crippen MR) is 200 cm³/mol. The van der Waals surface area contributed by atoms with Crippen molar-refractivity contribution in [2.45, 2.75) is 63.6 Å². The van der Waals surface area contributed by atoms with Gasteiger partial charge in [-0.15, -0.1) is 0 Å². The lowest BCUT2D eigenvalue weighted by Gasteiger charge is -2.20. The number of amides is 2. The summed E-state index contributed by atoms with van der Waals surface area (Å²) in [4.78, 5) is 68.7. The number of anilines is 1. The highest BCUT2D eigenvalue weighted by atomic mass is 32.2. The van der Waals surface area contributed by atoms with Crippen molar-refractivity contribution in [1.29, 1.82) is 0 Å². The lowest BCUT2D eigenvalue weighted by atomic mass is 10.0. The molecule has 0 saturated heterocycles. The second-order valence-corrected chi connectivity index (χ2v) is 15.6. The van der Waals surface area contributed by atoms with E-state index in [0.717, 1.165) is 16.7 Å². The van der Waals surface area contributed by atoms with Gasteiger partial charge in [0.2, 0.25) is 0 Å². The summed E-state index contributed by atoms with van der Waals surface area (Å²) in [5, 5.41) is 5.31. The number of hydrogen-bond acceptors (Lipinski definition) is 9. The minimum Gasteiger partial charge on any atom is -0.461 e. The van der Waals surface area contributed by atoms with Gasteiger partial charge in [-0.2, -0.15) is 0 Å². The topological polar surface area (TPSA) is 188 Å². The normalized spacial score (nSPS) is 12.3. The molecule has 0 aliphatic heterocycles. The van der Waals surface area contributed by atoms with Crippen LogP contribution in [-0.2, 0) is 33.0 Å². The molecule has 0 spiro atoms. The highest BCUT2D eigenvalue weighted by Crippen LogP contribution is 2.23. The van der Waals surface area contributed by atoms with Crippen molar-refractivity contribution in [1.82, 2.24) is 24.8 Å². The number of pyridine rings is 1. The summed E-state index contributed by atoms with van der Waals surface area (Å²) in [6.45, 7) is 8.49. The number of nitrogens with one attached hydrogen (secondary N) is 3. The van der Waals surface area contributed by atoms with Crippen LogP contribution in [-0.4, -0.2) is 58.0 Å². The zero-order valence-electron chi connectivity index (χ0n) is 30.6. The Labute approximate surface area is 314 Å². The Morgan fingerprint density at radius 1 is 0.909 bits per heavy atom. The summed E-state index contributed by atoms with van der Waals surface area (Å²) in [5.74, 6) is -5.52. The van der Waals surface area contributed by atoms with E-state index in [1.807, 2.05) is 0 Å². The maximum absolute atomic E-state index is 15.3. The molecule has 2 amide bonds. The molecule has 0 saturated carbocycles. The number of halogens is 2. The van der Waals surface area contributed by atoms with Crippen LogP contribution in [0, 0.1) is 11.6 Å². The maximum atomic E-state index is 15.3. The van der Waals surface area contributed by atoms with Crippen molar-refractivity contribution < 1.29 is 36.3 Å². The maximum Gasteiger partial charge on any atom is 0.335 e. The number of hydrogen-bond donors (Lipinski definition) is 3. The average molecular weight is 777 g/mol. The standard InChI is InChI=1S/C38H38F2N6O8S/c1-21(2)54-36(50)30(17-22-7-11-25(12-8-22)46-35(49)27-15-16-41-20-31(27)45(6)37(46)51)42-34(48)32-28(39)18-24(19-29(32)40)44-55(52,53)26-13-9-23(10-14-26)33(47)43-38(3,4)5/h7-16,18-21,30,44H,17H2,1-6H3,(H,42,48)(H,43,47)/t30-/m0/s1. The van der Waals surface area contributed by atoms with Gasteiger partial charge in [0.05, 0.1) is 39.5 Å². The molecule has 0 bridgehead atoms. The smallest absolute Gasteiger partial charge is 0.335 e. The Bertz CT molecular complexity index is 2510. The minimum absolute atomic E-state index is 0.192. The molecule has 1 atom stereocenters. The predicted octanol–water partition coefficient (Wildman–Crippen LogP) is 3.98. The molecular formula is C38H38F2N6O8S. The molecule has 0 aliphatic rings. The zero-order valence-corrected chi connectivity index (χ0v) is 31.5. The molecule has 0 unspecified atom stereocenters. The lowest BCUT2D eigenvalue weighted by Crippen LogP contribution is -2.44. The van der Waals surface area contributed by atoms with Crippen molar-refractivity contribution in [2.24, 2.45) is 7.05 Å². The van der Waals surface area contributed by atoms with Crippen molar-refractivity contribution in [2.75, 3.05) is 4.72 Å². The van der Waals surface area contributed by atoms with Crippen LogP contribution in [0.5, 0.6) is 0 Å². The summed E-state index contributed by atoms with van der Waals surface area (Å²) < 4.78 is 66.3. The van der Waals surface area contributed by atoms with Crippen LogP contribution in [0.3, 0.4) is 0 Å². The molecule has 14 nitrogen and oxygen atoms in total. The molecule has 0 aliphatic carbocycles. The van der Waals surface area contributed by atoms with Gasteiger partial charge >= 0.3 is 11.7 Å². The summed E-state index contributed by atoms with van der Waals surface area (Å²) in [7, 11) is -2.89. The van der Waals surface area contributed by atoms with Gasteiger partial charge in [-0.05, 0) is 94.8 Å². The van der Waals surface area contributed by atoms with E-state index >= 15 is 8.78 Å². The van der Waals surface area contributed by atoms with E-state index in [2.05, 4.69) is 20.3 Å². The fraction of sp³-hybridized carbons (Fsp3) is 0.263. The Balaban J connectivity index is 1.35. The number of carbonyl (C=O) groups is 3. The third-order valence-electron chi connectivity index (χ3n) is 8.09. The highest BCUT2D eigenvalue weighted by molar-refractivity contribution is 7.92. The van der Waals surface area contributed by atoms with Gasteiger partial charge < -0.3 is 15.4 Å². The van der Waals surface area contributed by atoms with Crippen molar-refractivity contribution in [3.8, 4) is 5.69 Å². The first-order valence-electron chi connectivity index (χ1n) is 16.9. The number of carbonyl (C=O) groups excluding carboxylic acids is 3. The Morgan fingerprint density at radius 3 is 2.11 bits per heavy atom. The van der Waals surface area contributed by atoms with Crippen LogP contribution in [0.25, 0.3) is 16.6 Å². The van der Waals surface area contributed by atoms with Crippen LogP contribution in [0.1, 0.15) is 60.9 Å². The van der Waals surface area contributed by atoms with Gasteiger partial charge in [-0.3, -0.25) is 28.7 Å². The number of aryl methyl sites for hydroxylation is 1. The van der Waals surface area contributed by atoms with E-state index < -0.39 is 79.6 Å². The van der Waals surface area contributed by atoms with Crippen molar-refractivity contribution in [3.05, 3.63) is 128 Å². The number of sulfonamides is 1. The molecule has 3 aromatic carbocycles. The quantitative estimate of drug-likeness (QED) is 0.167. The van der Waals surface area contributed by atoms with Crippen LogP contribution < -0.4 is 26.6 Å². The van der Waals surface area contributed by atoms with E-state index in [9.17, 15) is 32.4 Å². The highest BCUT2D eigenvalue weighted by Gasteiger charge is 2.28. The lowest BCUT2D eigenvalue weighted by molar-refractivity contribution is -0.149. The van der Waals surface area contributed by atoms with Gasteiger partial charge in [-0.1, -0.05) is 12.1 Å². The van der Waals surface area contributed by atoms with Gasteiger partial charge in [0.25, 0.3) is 27.4 Å². The molecule has 5 aromatic rings. The fourth-order valence-electron chi connectivity index (χ4n) is 5.54. The summed E-state index contributed by atoms with van der Waals surface area (Å²) >= 11 is 0. The minimum atomic E-state index is -4.39. The summed E-state index contributed by atoms with van der Waals surface area (Å²) in [5.41, 5.74) is -2.15. The Morgan fingerprint density at radius 2 is 1.53 bits per heavy atom. The molecule has 288 valence electrons.